The molecule has 3 atom stereocenters. The van der Waals surface area contributed by atoms with Crippen LogP contribution in [0.4, 0.5) is 0 Å². The zero-order chi connectivity index (χ0) is 17.0. The third kappa shape index (κ3) is 4.16. The number of esters is 1. The number of carbonyl (C=O) groups is 1. The highest BCUT2D eigenvalue weighted by molar-refractivity contribution is 5.78. The number of hydrogen-bond donors (Lipinski definition) is 0. The van der Waals surface area contributed by atoms with Gasteiger partial charge in [0.25, 0.3) is 0 Å². The van der Waals surface area contributed by atoms with Crippen LogP contribution in [0.2, 0.25) is 0 Å². The van der Waals surface area contributed by atoms with Crippen LogP contribution < -0.4 is 0 Å². The zero-order valence-corrected chi connectivity index (χ0v) is 14.2. The third-order valence-electron chi connectivity index (χ3n) is 4.29. The first-order valence-corrected chi connectivity index (χ1v) is 7.87. The largest absolute Gasteiger partial charge is 0.469 e. The molecular weight excluding hydrogens is 288 g/mol. The molecule has 0 saturated heterocycles. The molecule has 1 saturated carbocycles. The molecule has 0 aliphatic heterocycles. The summed E-state index contributed by atoms with van der Waals surface area (Å²) in [6.07, 6.45) is 12.8. The van der Waals surface area contributed by atoms with Gasteiger partial charge in [0.15, 0.2) is 6.10 Å². The monoisotopic (exact) mass is 312 g/mol. The van der Waals surface area contributed by atoms with Crippen molar-refractivity contribution in [2.75, 3.05) is 0 Å². The maximum absolute atomic E-state index is 12.4. The summed E-state index contributed by atoms with van der Waals surface area (Å²) in [5.74, 6) is 3.23. The van der Waals surface area contributed by atoms with E-state index in [2.05, 4.69) is 25.8 Å². The number of ether oxygens (including phenoxy) is 1. The smallest absolute Gasteiger partial charge is 0.311 e. The molecule has 1 aliphatic rings. The van der Waals surface area contributed by atoms with Crippen molar-refractivity contribution in [3.8, 4) is 12.3 Å². The molecule has 3 unspecified atom stereocenters. The van der Waals surface area contributed by atoms with Gasteiger partial charge in [-0.05, 0) is 43.4 Å². The fourth-order valence-electron chi connectivity index (χ4n) is 2.86. The number of carbonyl (C=O) groups excluding carboxylic acids is 1. The molecular formula is C20H24O3. The molecule has 1 fully saturated rings. The summed E-state index contributed by atoms with van der Waals surface area (Å²) >= 11 is 0. The van der Waals surface area contributed by atoms with Crippen LogP contribution in [0.15, 0.2) is 46.6 Å². The van der Waals surface area contributed by atoms with Crippen LogP contribution in [0.3, 0.4) is 0 Å². The van der Waals surface area contributed by atoms with Crippen molar-refractivity contribution in [3.63, 3.8) is 0 Å². The number of rotatable bonds is 6. The Bertz CT molecular complexity index is 637. The van der Waals surface area contributed by atoms with Gasteiger partial charge in [-0.1, -0.05) is 37.5 Å². The molecule has 1 heterocycles. The summed E-state index contributed by atoms with van der Waals surface area (Å²) in [5.41, 5.74) is 1.15. The number of furan rings is 1. The SMILES string of the molecule is C#CC(C=CCc1ccco1)OC(=O)C1C(C=C(C)C)C1(C)C. The van der Waals surface area contributed by atoms with Crippen molar-refractivity contribution < 1.29 is 13.9 Å². The molecule has 2 rings (SSSR count). The first-order valence-electron chi connectivity index (χ1n) is 7.87. The zero-order valence-electron chi connectivity index (χ0n) is 14.2. The van der Waals surface area contributed by atoms with Gasteiger partial charge in [0.1, 0.15) is 5.76 Å². The minimum Gasteiger partial charge on any atom is -0.469 e. The van der Waals surface area contributed by atoms with Crippen LogP contribution >= 0.6 is 0 Å². The topological polar surface area (TPSA) is 39.4 Å². The van der Waals surface area contributed by atoms with Crippen molar-refractivity contribution in [1.29, 1.82) is 0 Å². The average molecular weight is 312 g/mol. The lowest BCUT2D eigenvalue weighted by atomic mass is 10.1. The van der Waals surface area contributed by atoms with Gasteiger partial charge < -0.3 is 9.15 Å². The Morgan fingerprint density at radius 2 is 2.26 bits per heavy atom. The molecule has 122 valence electrons. The highest BCUT2D eigenvalue weighted by Gasteiger charge is 2.61. The fraction of sp³-hybridized carbons (Fsp3) is 0.450. The van der Waals surface area contributed by atoms with E-state index >= 15 is 0 Å². The van der Waals surface area contributed by atoms with Gasteiger partial charge in [-0.3, -0.25) is 4.79 Å². The molecule has 0 radical (unpaired) electrons. The van der Waals surface area contributed by atoms with Crippen LogP contribution in [0.25, 0.3) is 0 Å². The second-order valence-corrected chi connectivity index (χ2v) is 6.80. The Balaban J connectivity index is 1.92. The highest BCUT2D eigenvalue weighted by atomic mass is 16.5. The second-order valence-electron chi connectivity index (χ2n) is 6.80. The minimum absolute atomic E-state index is 0.0641. The van der Waals surface area contributed by atoms with Crippen molar-refractivity contribution in [2.45, 2.75) is 40.2 Å². The van der Waals surface area contributed by atoms with E-state index in [0.29, 0.717) is 6.42 Å². The summed E-state index contributed by atoms with van der Waals surface area (Å²) in [6.45, 7) is 8.25. The van der Waals surface area contributed by atoms with E-state index in [-0.39, 0.29) is 23.2 Å². The highest BCUT2D eigenvalue weighted by Crippen LogP contribution is 2.59. The Labute approximate surface area is 138 Å². The van der Waals surface area contributed by atoms with Gasteiger partial charge >= 0.3 is 5.97 Å². The van der Waals surface area contributed by atoms with E-state index < -0.39 is 6.10 Å². The quantitative estimate of drug-likeness (QED) is 0.450. The lowest BCUT2D eigenvalue weighted by Crippen LogP contribution is -2.18. The first kappa shape index (κ1) is 17.1. The van der Waals surface area contributed by atoms with Gasteiger partial charge in [0.2, 0.25) is 0 Å². The fourth-order valence-corrected chi connectivity index (χ4v) is 2.86. The van der Waals surface area contributed by atoms with Crippen molar-refractivity contribution in [1.82, 2.24) is 0 Å². The van der Waals surface area contributed by atoms with Crippen LogP contribution in [-0.4, -0.2) is 12.1 Å². The Morgan fingerprint density at radius 3 is 2.83 bits per heavy atom. The van der Waals surface area contributed by atoms with Crippen LogP contribution in [0.1, 0.15) is 33.5 Å². The maximum atomic E-state index is 12.4. The summed E-state index contributed by atoms with van der Waals surface area (Å²) in [5, 5.41) is 0. The summed E-state index contributed by atoms with van der Waals surface area (Å²) in [7, 11) is 0. The lowest BCUT2D eigenvalue weighted by Gasteiger charge is -2.09. The minimum atomic E-state index is -0.638. The third-order valence-corrected chi connectivity index (χ3v) is 4.29. The molecule has 0 amide bonds. The van der Waals surface area contributed by atoms with Gasteiger partial charge in [0.05, 0.1) is 12.2 Å². The first-order chi connectivity index (χ1) is 10.9. The molecule has 0 N–H and O–H groups in total. The van der Waals surface area contributed by atoms with Gasteiger partial charge in [0, 0.05) is 6.42 Å². The molecule has 3 heteroatoms. The molecule has 3 nitrogen and oxygen atoms in total. The summed E-state index contributed by atoms with van der Waals surface area (Å²) < 4.78 is 10.7. The van der Waals surface area contributed by atoms with E-state index in [4.69, 9.17) is 15.6 Å². The summed E-state index contributed by atoms with van der Waals surface area (Å²) in [6, 6.07) is 3.72. The Morgan fingerprint density at radius 1 is 1.52 bits per heavy atom. The predicted molar refractivity (Wildman–Crippen MR) is 90.5 cm³/mol. The van der Waals surface area contributed by atoms with E-state index in [1.54, 1.807) is 12.3 Å². The van der Waals surface area contributed by atoms with Crippen LogP contribution in [0, 0.1) is 29.6 Å². The molecule has 0 bridgehead atoms. The Hall–Kier alpha value is -2.21. The molecule has 1 aliphatic carbocycles. The van der Waals surface area contributed by atoms with Gasteiger partial charge in [-0.2, -0.15) is 0 Å². The second kappa shape index (κ2) is 6.91. The Kier molecular flexibility index (Phi) is 5.15. The van der Waals surface area contributed by atoms with Crippen LogP contribution in [-0.2, 0) is 16.0 Å². The molecule has 1 aromatic rings. The standard InChI is InChI=1S/C20H24O3/c1-6-15(9-7-10-16-11-8-12-22-16)23-19(21)18-17(13-14(2)3)20(18,4)5/h1,7-9,11-13,15,17-18H,10H2,2-5H3. The van der Waals surface area contributed by atoms with E-state index in [9.17, 15) is 4.79 Å². The van der Waals surface area contributed by atoms with Gasteiger partial charge in [-0.25, -0.2) is 0 Å². The van der Waals surface area contributed by atoms with E-state index in [0.717, 1.165) is 5.76 Å². The lowest BCUT2D eigenvalue weighted by molar-refractivity contribution is -0.147. The van der Waals surface area contributed by atoms with Gasteiger partial charge in [-0.15, -0.1) is 6.42 Å². The number of terminal acetylenes is 1. The molecule has 23 heavy (non-hydrogen) atoms. The van der Waals surface area contributed by atoms with Crippen LogP contribution in [0.5, 0.6) is 0 Å². The predicted octanol–water partition coefficient (Wildman–Crippen LogP) is 4.16. The van der Waals surface area contributed by atoms with Crippen molar-refractivity contribution >= 4 is 5.97 Å². The maximum Gasteiger partial charge on any atom is 0.311 e. The molecule has 0 spiro atoms. The van der Waals surface area contributed by atoms with Crippen molar-refractivity contribution in [2.24, 2.45) is 17.3 Å². The van der Waals surface area contributed by atoms with E-state index in [1.165, 1.54) is 5.57 Å². The number of hydrogen-bond acceptors (Lipinski definition) is 3. The molecule has 0 aromatic carbocycles. The number of allylic oxidation sites excluding steroid dienone is 3. The van der Waals surface area contributed by atoms with Crippen molar-refractivity contribution in [3.05, 3.63) is 48.0 Å². The average Bonchev–Trinajstić information content (AvgIpc) is 2.84. The van der Waals surface area contributed by atoms with E-state index in [1.807, 2.05) is 32.1 Å². The summed E-state index contributed by atoms with van der Waals surface area (Å²) in [4.78, 5) is 12.4. The normalized spacial score (nSPS) is 23.1. The molecule has 1 aromatic heterocycles.